The van der Waals surface area contributed by atoms with Crippen molar-refractivity contribution < 1.29 is 23.8 Å². The van der Waals surface area contributed by atoms with Crippen LogP contribution in [0.4, 0.5) is 5.69 Å². The van der Waals surface area contributed by atoms with Crippen molar-refractivity contribution in [3.05, 3.63) is 90.0 Å². The molecule has 1 amide bonds. The number of carbonyl (C=O) groups excluding carboxylic acids is 2. The first-order valence-corrected chi connectivity index (χ1v) is 9.62. The van der Waals surface area contributed by atoms with Crippen LogP contribution < -0.4 is 14.8 Å². The van der Waals surface area contributed by atoms with Crippen LogP contribution in [0.25, 0.3) is 11.6 Å². The molecule has 6 heteroatoms. The van der Waals surface area contributed by atoms with Crippen LogP contribution >= 0.6 is 0 Å². The van der Waals surface area contributed by atoms with Crippen LogP contribution in [-0.4, -0.2) is 32.7 Å². The van der Waals surface area contributed by atoms with Gasteiger partial charge in [-0.15, -0.1) is 0 Å². The topological polar surface area (TPSA) is 73.9 Å². The molecule has 158 valence electrons. The van der Waals surface area contributed by atoms with E-state index in [9.17, 15) is 9.59 Å². The second-order valence-corrected chi connectivity index (χ2v) is 6.53. The van der Waals surface area contributed by atoms with E-state index in [-0.39, 0.29) is 0 Å². The van der Waals surface area contributed by atoms with E-state index in [2.05, 4.69) is 5.32 Å². The molecule has 31 heavy (non-hydrogen) atoms. The standard InChI is InChI=1S/C25H23NO5/c1-29-20-12-8-9-18(15-20)16-21(19-10-4-3-5-11-19)25(28)31-17-24(27)26-22-13-6-7-14-23(22)30-2/h3-16H,17H2,1-2H3,(H,26,27)/b21-16+. The van der Waals surface area contributed by atoms with Crippen LogP contribution in [0.1, 0.15) is 11.1 Å². The minimum atomic E-state index is -0.607. The molecule has 0 aliphatic heterocycles. The Morgan fingerprint density at radius 1 is 0.871 bits per heavy atom. The van der Waals surface area contributed by atoms with Crippen LogP contribution in [0, 0.1) is 0 Å². The number of methoxy groups -OCH3 is 2. The average molecular weight is 417 g/mol. The molecule has 0 saturated heterocycles. The van der Waals surface area contributed by atoms with E-state index in [4.69, 9.17) is 14.2 Å². The van der Waals surface area contributed by atoms with Crippen molar-refractivity contribution in [3.8, 4) is 11.5 Å². The molecule has 3 aromatic rings. The highest BCUT2D eigenvalue weighted by Gasteiger charge is 2.16. The summed E-state index contributed by atoms with van der Waals surface area (Å²) in [6, 6.07) is 23.5. The Bertz CT molecular complexity index is 1080. The molecular formula is C25H23NO5. The molecule has 0 radical (unpaired) electrons. The monoisotopic (exact) mass is 417 g/mol. The van der Waals surface area contributed by atoms with E-state index < -0.39 is 18.5 Å². The zero-order valence-electron chi connectivity index (χ0n) is 17.3. The van der Waals surface area contributed by atoms with E-state index >= 15 is 0 Å². The maximum atomic E-state index is 12.9. The zero-order valence-corrected chi connectivity index (χ0v) is 17.3. The molecule has 3 aromatic carbocycles. The van der Waals surface area contributed by atoms with Crippen molar-refractivity contribution in [3.63, 3.8) is 0 Å². The molecule has 0 spiro atoms. The molecule has 0 aromatic heterocycles. The Kier molecular flexibility index (Phi) is 7.43. The van der Waals surface area contributed by atoms with Gasteiger partial charge in [-0.1, -0.05) is 54.6 Å². The molecule has 0 bridgehead atoms. The van der Waals surface area contributed by atoms with E-state index in [1.54, 1.807) is 37.5 Å². The first-order chi connectivity index (χ1) is 15.1. The molecular weight excluding hydrogens is 394 g/mol. The lowest BCUT2D eigenvalue weighted by molar-refractivity contribution is -0.141. The van der Waals surface area contributed by atoms with E-state index in [0.29, 0.717) is 28.3 Å². The van der Waals surface area contributed by atoms with Gasteiger partial charge in [-0.2, -0.15) is 0 Å². The summed E-state index contributed by atoms with van der Waals surface area (Å²) < 4.78 is 15.8. The molecule has 0 saturated carbocycles. The fraction of sp³-hybridized carbons (Fsp3) is 0.120. The van der Waals surface area contributed by atoms with Crippen molar-refractivity contribution >= 4 is 29.2 Å². The number of anilines is 1. The Morgan fingerprint density at radius 2 is 1.61 bits per heavy atom. The van der Waals surface area contributed by atoms with Crippen LogP contribution in [0.5, 0.6) is 11.5 Å². The number of hydrogen-bond donors (Lipinski definition) is 1. The largest absolute Gasteiger partial charge is 0.497 e. The van der Waals surface area contributed by atoms with Gasteiger partial charge >= 0.3 is 5.97 Å². The summed E-state index contributed by atoms with van der Waals surface area (Å²) in [6.45, 7) is -0.431. The Morgan fingerprint density at radius 3 is 2.35 bits per heavy atom. The molecule has 1 N–H and O–H groups in total. The molecule has 6 nitrogen and oxygen atoms in total. The second kappa shape index (κ2) is 10.6. The van der Waals surface area contributed by atoms with Gasteiger partial charge in [-0.3, -0.25) is 4.79 Å². The first kappa shape index (κ1) is 21.6. The molecule has 0 aliphatic rings. The van der Waals surface area contributed by atoms with Gasteiger partial charge < -0.3 is 19.5 Å². The lowest BCUT2D eigenvalue weighted by atomic mass is 10.0. The van der Waals surface area contributed by atoms with Gasteiger partial charge in [-0.05, 0) is 41.5 Å². The van der Waals surface area contributed by atoms with Gasteiger partial charge in [0.2, 0.25) is 0 Å². The predicted molar refractivity (Wildman–Crippen MR) is 120 cm³/mol. The number of nitrogens with one attached hydrogen (secondary N) is 1. The van der Waals surface area contributed by atoms with Crippen LogP contribution in [0.3, 0.4) is 0 Å². The molecule has 0 fully saturated rings. The molecule has 3 rings (SSSR count). The van der Waals surface area contributed by atoms with Gasteiger partial charge in [0.1, 0.15) is 11.5 Å². The summed E-state index contributed by atoms with van der Waals surface area (Å²) in [5.41, 5.74) is 2.29. The summed E-state index contributed by atoms with van der Waals surface area (Å²) in [7, 11) is 3.09. The Hall–Kier alpha value is -4.06. The van der Waals surface area contributed by atoms with Gasteiger partial charge in [0.05, 0.1) is 25.5 Å². The average Bonchev–Trinajstić information content (AvgIpc) is 2.82. The quantitative estimate of drug-likeness (QED) is 0.334. The lowest BCUT2D eigenvalue weighted by Gasteiger charge is -2.11. The van der Waals surface area contributed by atoms with Gasteiger partial charge in [0.15, 0.2) is 6.61 Å². The third kappa shape index (κ3) is 5.96. The molecule has 0 atom stereocenters. The Labute approximate surface area is 181 Å². The van der Waals surface area contributed by atoms with Crippen LogP contribution in [0.2, 0.25) is 0 Å². The summed E-state index contributed by atoms with van der Waals surface area (Å²) in [6.07, 6.45) is 1.71. The lowest BCUT2D eigenvalue weighted by Crippen LogP contribution is -2.21. The highest BCUT2D eigenvalue weighted by Crippen LogP contribution is 2.24. The fourth-order valence-electron chi connectivity index (χ4n) is 2.92. The zero-order chi connectivity index (χ0) is 22.1. The van der Waals surface area contributed by atoms with Crippen molar-refractivity contribution in [1.82, 2.24) is 0 Å². The summed E-state index contributed by atoms with van der Waals surface area (Å²) >= 11 is 0. The number of hydrogen-bond acceptors (Lipinski definition) is 5. The minimum Gasteiger partial charge on any atom is -0.497 e. The Balaban J connectivity index is 1.76. The number of rotatable bonds is 8. The molecule has 0 aliphatic carbocycles. The van der Waals surface area contributed by atoms with Gasteiger partial charge in [-0.25, -0.2) is 4.79 Å². The number of amides is 1. The third-order valence-electron chi connectivity index (χ3n) is 4.42. The van der Waals surface area contributed by atoms with E-state index in [1.165, 1.54) is 7.11 Å². The van der Waals surface area contributed by atoms with Gasteiger partial charge in [0.25, 0.3) is 5.91 Å². The van der Waals surface area contributed by atoms with Crippen LogP contribution in [-0.2, 0) is 14.3 Å². The van der Waals surface area contributed by atoms with Crippen molar-refractivity contribution in [2.45, 2.75) is 0 Å². The number of carbonyl (C=O) groups is 2. The number of benzene rings is 3. The normalized spacial score (nSPS) is 10.8. The maximum Gasteiger partial charge on any atom is 0.339 e. The summed E-state index contributed by atoms with van der Waals surface area (Å²) in [5.74, 6) is 0.117. The van der Waals surface area contributed by atoms with Crippen LogP contribution in [0.15, 0.2) is 78.9 Å². The van der Waals surface area contributed by atoms with E-state index in [0.717, 1.165) is 5.56 Å². The minimum absolute atomic E-state index is 0.332. The third-order valence-corrected chi connectivity index (χ3v) is 4.42. The molecule has 0 unspecified atom stereocenters. The summed E-state index contributed by atoms with van der Waals surface area (Å²) in [5, 5.41) is 2.68. The number of ether oxygens (including phenoxy) is 3. The maximum absolute atomic E-state index is 12.9. The fourth-order valence-corrected chi connectivity index (χ4v) is 2.92. The predicted octanol–water partition coefficient (Wildman–Crippen LogP) is 4.43. The highest BCUT2D eigenvalue weighted by atomic mass is 16.5. The SMILES string of the molecule is COc1cccc(/C=C(/C(=O)OCC(=O)Nc2ccccc2OC)c2ccccc2)c1. The molecule has 0 heterocycles. The van der Waals surface area contributed by atoms with Crippen molar-refractivity contribution in [1.29, 1.82) is 0 Å². The highest BCUT2D eigenvalue weighted by molar-refractivity contribution is 6.22. The van der Waals surface area contributed by atoms with Crippen molar-refractivity contribution in [2.24, 2.45) is 0 Å². The summed E-state index contributed by atoms with van der Waals surface area (Å²) in [4.78, 5) is 25.2. The number of para-hydroxylation sites is 2. The smallest absolute Gasteiger partial charge is 0.339 e. The van der Waals surface area contributed by atoms with Crippen molar-refractivity contribution in [2.75, 3.05) is 26.1 Å². The second-order valence-electron chi connectivity index (χ2n) is 6.53. The number of esters is 1. The van der Waals surface area contributed by atoms with Gasteiger partial charge in [0, 0.05) is 0 Å². The van der Waals surface area contributed by atoms with E-state index in [1.807, 2.05) is 54.6 Å². The first-order valence-electron chi connectivity index (χ1n) is 9.62.